The van der Waals surface area contributed by atoms with Gasteiger partial charge in [0.25, 0.3) is 0 Å². The molecule has 0 saturated heterocycles. The summed E-state index contributed by atoms with van der Waals surface area (Å²) in [4.78, 5) is 11.8. The van der Waals surface area contributed by atoms with Crippen LogP contribution in [0.15, 0.2) is 34.8 Å². The van der Waals surface area contributed by atoms with E-state index in [9.17, 15) is 4.79 Å². The Bertz CT molecular complexity index is 576. The van der Waals surface area contributed by atoms with Gasteiger partial charge in [-0.2, -0.15) is 0 Å². The van der Waals surface area contributed by atoms with Crippen molar-refractivity contribution in [1.29, 1.82) is 0 Å². The van der Waals surface area contributed by atoms with Gasteiger partial charge in [0.05, 0.1) is 12.2 Å². The van der Waals surface area contributed by atoms with Crippen LogP contribution in [-0.4, -0.2) is 12.6 Å². The monoisotopic (exact) mass is 292 g/mol. The van der Waals surface area contributed by atoms with E-state index in [4.69, 9.17) is 4.74 Å². The standard InChI is InChI=1S/C14H13BrO2/c1-3-17-14(16)13-8-11-7-12(15)5-4-10(11)6-9(13)2/h4-8H,3H2,1-2H3. The highest BCUT2D eigenvalue weighted by atomic mass is 79.9. The van der Waals surface area contributed by atoms with E-state index in [2.05, 4.69) is 15.9 Å². The second-order valence-electron chi connectivity index (χ2n) is 3.88. The lowest BCUT2D eigenvalue weighted by atomic mass is 10.0. The van der Waals surface area contributed by atoms with Crippen LogP contribution in [0.1, 0.15) is 22.8 Å². The molecule has 0 bridgehead atoms. The molecule has 2 aromatic carbocycles. The molecule has 0 saturated carbocycles. The molecule has 0 fully saturated rings. The number of ether oxygens (including phenoxy) is 1. The minimum absolute atomic E-state index is 0.258. The van der Waals surface area contributed by atoms with Crippen LogP contribution in [0.25, 0.3) is 10.8 Å². The topological polar surface area (TPSA) is 26.3 Å². The number of halogens is 1. The maximum Gasteiger partial charge on any atom is 0.338 e. The van der Waals surface area contributed by atoms with Gasteiger partial charge in [-0.15, -0.1) is 0 Å². The highest BCUT2D eigenvalue weighted by Gasteiger charge is 2.11. The lowest BCUT2D eigenvalue weighted by Crippen LogP contribution is -2.06. The molecule has 0 heterocycles. The smallest absolute Gasteiger partial charge is 0.338 e. The summed E-state index contributed by atoms with van der Waals surface area (Å²) in [5, 5.41) is 2.16. The maximum atomic E-state index is 11.8. The Morgan fingerprint density at radius 1 is 1.24 bits per heavy atom. The van der Waals surface area contributed by atoms with E-state index in [0.29, 0.717) is 12.2 Å². The van der Waals surface area contributed by atoms with E-state index >= 15 is 0 Å². The average molecular weight is 293 g/mol. The predicted octanol–water partition coefficient (Wildman–Crippen LogP) is 4.09. The fraction of sp³-hybridized carbons (Fsp3) is 0.214. The van der Waals surface area contributed by atoms with Gasteiger partial charge < -0.3 is 4.74 Å². The summed E-state index contributed by atoms with van der Waals surface area (Å²) in [6, 6.07) is 9.91. The molecule has 0 N–H and O–H groups in total. The lowest BCUT2D eigenvalue weighted by Gasteiger charge is -2.07. The Labute approximate surface area is 109 Å². The van der Waals surface area contributed by atoms with Crippen LogP contribution in [0.4, 0.5) is 0 Å². The fourth-order valence-corrected chi connectivity index (χ4v) is 2.19. The van der Waals surface area contributed by atoms with Crippen LogP contribution in [0.3, 0.4) is 0 Å². The normalized spacial score (nSPS) is 10.5. The van der Waals surface area contributed by atoms with Gasteiger partial charge in [0.2, 0.25) is 0 Å². The van der Waals surface area contributed by atoms with Gasteiger partial charge in [0, 0.05) is 4.47 Å². The zero-order valence-electron chi connectivity index (χ0n) is 9.79. The van der Waals surface area contributed by atoms with E-state index in [1.165, 1.54) is 0 Å². The summed E-state index contributed by atoms with van der Waals surface area (Å²) in [5.74, 6) is -0.258. The molecule has 2 nitrogen and oxygen atoms in total. The molecule has 0 unspecified atom stereocenters. The Morgan fingerprint density at radius 2 is 2.00 bits per heavy atom. The Hall–Kier alpha value is -1.35. The fourth-order valence-electron chi connectivity index (χ4n) is 1.81. The Balaban J connectivity index is 2.57. The highest BCUT2D eigenvalue weighted by Crippen LogP contribution is 2.23. The van der Waals surface area contributed by atoms with Crippen molar-refractivity contribution in [1.82, 2.24) is 0 Å². The SMILES string of the molecule is CCOC(=O)c1cc2cc(Br)ccc2cc1C. The molecule has 0 atom stereocenters. The third kappa shape index (κ3) is 2.50. The number of fused-ring (bicyclic) bond motifs is 1. The predicted molar refractivity (Wildman–Crippen MR) is 72.3 cm³/mol. The largest absolute Gasteiger partial charge is 0.462 e. The quantitative estimate of drug-likeness (QED) is 0.780. The molecule has 0 aliphatic carbocycles. The number of carbonyl (C=O) groups is 1. The van der Waals surface area contributed by atoms with Gasteiger partial charge in [0.1, 0.15) is 0 Å². The number of rotatable bonds is 2. The van der Waals surface area contributed by atoms with Gasteiger partial charge in [-0.25, -0.2) is 4.79 Å². The first-order valence-corrected chi connectivity index (χ1v) is 6.28. The summed E-state index contributed by atoms with van der Waals surface area (Å²) in [6.45, 7) is 4.13. The van der Waals surface area contributed by atoms with Crippen molar-refractivity contribution in [2.45, 2.75) is 13.8 Å². The molecule has 0 radical (unpaired) electrons. The van der Waals surface area contributed by atoms with Crippen molar-refractivity contribution in [2.75, 3.05) is 6.61 Å². The number of benzene rings is 2. The highest BCUT2D eigenvalue weighted by molar-refractivity contribution is 9.10. The van der Waals surface area contributed by atoms with Gasteiger partial charge >= 0.3 is 5.97 Å². The summed E-state index contributed by atoms with van der Waals surface area (Å²) in [6.07, 6.45) is 0. The summed E-state index contributed by atoms with van der Waals surface area (Å²) in [7, 11) is 0. The van der Waals surface area contributed by atoms with E-state index in [-0.39, 0.29) is 5.97 Å². The van der Waals surface area contributed by atoms with Crippen molar-refractivity contribution < 1.29 is 9.53 Å². The number of aryl methyl sites for hydroxylation is 1. The molecule has 17 heavy (non-hydrogen) atoms. The van der Waals surface area contributed by atoms with Gasteiger partial charge in [-0.05, 0) is 48.4 Å². The molecular weight excluding hydrogens is 280 g/mol. The molecule has 0 aromatic heterocycles. The average Bonchev–Trinajstić information content (AvgIpc) is 2.29. The minimum Gasteiger partial charge on any atom is -0.462 e. The second kappa shape index (κ2) is 4.88. The number of hydrogen-bond acceptors (Lipinski definition) is 2. The molecule has 0 aliphatic heterocycles. The summed E-state index contributed by atoms with van der Waals surface area (Å²) >= 11 is 3.43. The molecule has 88 valence electrons. The van der Waals surface area contributed by atoms with Crippen LogP contribution in [-0.2, 0) is 4.74 Å². The number of esters is 1. The summed E-state index contributed by atoms with van der Waals surface area (Å²) in [5.41, 5.74) is 1.58. The number of carbonyl (C=O) groups excluding carboxylic acids is 1. The minimum atomic E-state index is -0.258. The van der Waals surface area contributed by atoms with Crippen molar-refractivity contribution in [2.24, 2.45) is 0 Å². The molecule has 2 aromatic rings. The zero-order chi connectivity index (χ0) is 12.4. The van der Waals surface area contributed by atoms with E-state index in [1.807, 2.05) is 44.2 Å². The van der Waals surface area contributed by atoms with Crippen molar-refractivity contribution in [3.63, 3.8) is 0 Å². The molecular formula is C14H13BrO2. The van der Waals surface area contributed by atoms with Crippen molar-refractivity contribution in [3.8, 4) is 0 Å². The first kappa shape index (κ1) is 12.1. The van der Waals surface area contributed by atoms with Crippen molar-refractivity contribution >= 4 is 32.7 Å². The van der Waals surface area contributed by atoms with Crippen LogP contribution >= 0.6 is 15.9 Å². The van der Waals surface area contributed by atoms with Crippen molar-refractivity contribution in [3.05, 3.63) is 45.9 Å². The zero-order valence-corrected chi connectivity index (χ0v) is 11.4. The number of hydrogen-bond donors (Lipinski definition) is 0. The van der Waals surface area contributed by atoms with E-state index < -0.39 is 0 Å². The first-order chi connectivity index (χ1) is 8.11. The molecule has 3 heteroatoms. The first-order valence-electron chi connectivity index (χ1n) is 5.49. The van der Waals surface area contributed by atoms with Crippen LogP contribution < -0.4 is 0 Å². The Morgan fingerprint density at radius 3 is 2.71 bits per heavy atom. The molecule has 0 spiro atoms. The second-order valence-corrected chi connectivity index (χ2v) is 4.79. The molecule has 0 amide bonds. The summed E-state index contributed by atoms with van der Waals surface area (Å²) < 4.78 is 6.04. The van der Waals surface area contributed by atoms with Gasteiger partial charge in [-0.1, -0.05) is 28.1 Å². The Kier molecular flexibility index (Phi) is 3.48. The third-order valence-corrected chi connectivity index (χ3v) is 3.13. The van der Waals surface area contributed by atoms with Gasteiger partial charge in [0.15, 0.2) is 0 Å². The van der Waals surface area contributed by atoms with Gasteiger partial charge in [-0.3, -0.25) is 0 Å². The molecule has 2 rings (SSSR count). The van der Waals surface area contributed by atoms with Crippen LogP contribution in [0.2, 0.25) is 0 Å². The van der Waals surface area contributed by atoms with E-state index in [0.717, 1.165) is 20.8 Å². The maximum absolute atomic E-state index is 11.8. The third-order valence-electron chi connectivity index (χ3n) is 2.64. The van der Waals surface area contributed by atoms with Crippen LogP contribution in [0, 0.1) is 6.92 Å². The lowest BCUT2D eigenvalue weighted by molar-refractivity contribution is 0.0525. The van der Waals surface area contributed by atoms with Crippen LogP contribution in [0.5, 0.6) is 0 Å². The molecule has 0 aliphatic rings. The van der Waals surface area contributed by atoms with E-state index in [1.54, 1.807) is 0 Å².